The van der Waals surface area contributed by atoms with Gasteiger partial charge in [-0.2, -0.15) is 0 Å². The van der Waals surface area contributed by atoms with E-state index in [2.05, 4.69) is 29.0 Å². The number of piperidine rings is 1. The van der Waals surface area contributed by atoms with Crippen LogP contribution in [-0.4, -0.2) is 62.2 Å². The van der Waals surface area contributed by atoms with E-state index in [0.717, 1.165) is 11.8 Å². The zero-order valence-corrected chi connectivity index (χ0v) is 13.7. The minimum atomic E-state index is 0.789. The van der Waals surface area contributed by atoms with Crippen LogP contribution in [0.1, 0.15) is 46.0 Å². The summed E-state index contributed by atoms with van der Waals surface area (Å²) >= 11 is 0. The first kappa shape index (κ1) is 16.3. The highest BCUT2D eigenvalue weighted by molar-refractivity contribution is 4.78. The van der Waals surface area contributed by atoms with Crippen LogP contribution < -0.4 is 5.32 Å². The van der Waals surface area contributed by atoms with Crippen molar-refractivity contribution >= 4 is 0 Å². The zero-order chi connectivity index (χ0) is 14.2. The van der Waals surface area contributed by atoms with E-state index in [1.54, 1.807) is 0 Å². The standard InChI is InChI=1S/C17H35N3/c1-3-8-18-13-16(2)14-20-11-6-17(7-12-20)15-19-9-4-5-10-19/h16-18H,3-15H2,1-2H3. The van der Waals surface area contributed by atoms with Gasteiger partial charge in [-0.1, -0.05) is 13.8 Å². The molecule has 1 N–H and O–H groups in total. The van der Waals surface area contributed by atoms with Gasteiger partial charge in [0, 0.05) is 13.1 Å². The van der Waals surface area contributed by atoms with Crippen molar-refractivity contribution in [2.45, 2.75) is 46.0 Å². The number of hydrogen-bond acceptors (Lipinski definition) is 3. The molecule has 20 heavy (non-hydrogen) atoms. The smallest absolute Gasteiger partial charge is 0.00191 e. The summed E-state index contributed by atoms with van der Waals surface area (Å²) in [5.41, 5.74) is 0. The molecule has 0 bridgehead atoms. The monoisotopic (exact) mass is 281 g/mol. The van der Waals surface area contributed by atoms with Crippen molar-refractivity contribution in [2.24, 2.45) is 11.8 Å². The van der Waals surface area contributed by atoms with E-state index in [1.165, 1.54) is 84.5 Å². The molecule has 2 heterocycles. The molecule has 0 saturated carbocycles. The second-order valence-corrected chi connectivity index (χ2v) is 7.06. The highest BCUT2D eigenvalue weighted by Crippen LogP contribution is 2.21. The largest absolute Gasteiger partial charge is 0.316 e. The van der Waals surface area contributed by atoms with Crippen molar-refractivity contribution in [1.82, 2.24) is 15.1 Å². The Morgan fingerprint density at radius 1 is 1.05 bits per heavy atom. The maximum atomic E-state index is 3.55. The fourth-order valence-electron chi connectivity index (χ4n) is 3.71. The molecule has 2 aliphatic rings. The van der Waals surface area contributed by atoms with Gasteiger partial charge in [0.25, 0.3) is 0 Å². The van der Waals surface area contributed by atoms with Crippen LogP contribution in [0.25, 0.3) is 0 Å². The summed E-state index contributed by atoms with van der Waals surface area (Å²) in [6.07, 6.45) is 6.95. The van der Waals surface area contributed by atoms with E-state index in [0.29, 0.717) is 0 Å². The van der Waals surface area contributed by atoms with Crippen LogP contribution in [0, 0.1) is 11.8 Å². The van der Waals surface area contributed by atoms with Crippen molar-refractivity contribution in [3.05, 3.63) is 0 Å². The lowest BCUT2D eigenvalue weighted by atomic mass is 9.95. The molecular weight excluding hydrogens is 246 g/mol. The van der Waals surface area contributed by atoms with Crippen molar-refractivity contribution in [2.75, 3.05) is 52.4 Å². The molecule has 2 aliphatic heterocycles. The minimum absolute atomic E-state index is 0.789. The molecule has 1 atom stereocenters. The lowest BCUT2D eigenvalue weighted by molar-refractivity contribution is 0.140. The maximum absolute atomic E-state index is 3.55. The summed E-state index contributed by atoms with van der Waals surface area (Å²) in [7, 11) is 0. The predicted molar refractivity (Wildman–Crippen MR) is 87.2 cm³/mol. The van der Waals surface area contributed by atoms with Crippen LogP contribution in [0.4, 0.5) is 0 Å². The molecule has 0 radical (unpaired) electrons. The van der Waals surface area contributed by atoms with Crippen molar-refractivity contribution in [3.63, 3.8) is 0 Å². The van der Waals surface area contributed by atoms with Gasteiger partial charge in [-0.3, -0.25) is 0 Å². The van der Waals surface area contributed by atoms with Crippen LogP contribution in [-0.2, 0) is 0 Å². The highest BCUT2D eigenvalue weighted by atomic mass is 15.2. The molecule has 0 aromatic rings. The van der Waals surface area contributed by atoms with Crippen molar-refractivity contribution in [1.29, 1.82) is 0 Å². The van der Waals surface area contributed by atoms with Gasteiger partial charge in [-0.05, 0) is 83.2 Å². The Kier molecular flexibility index (Phi) is 7.32. The van der Waals surface area contributed by atoms with Crippen molar-refractivity contribution < 1.29 is 0 Å². The molecule has 0 spiro atoms. The lowest BCUT2D eigenvalue weighted by Gasteiger charge is -2.35. The molecule has 0 aromatic carbocycles. The van der Waals surface area contributed by atoms with E-state index in [1.807, 2.05) is 0 Å². The molecule has 3 nitrogen and oxygen atoms in total. The predicted octanol–water partition coefficient (Wildman–Crippen LogP) is 2.43. The summed E-state index contributed by atoms with van der Waals surface area (Å²) in [6, 6.07) is 0. The van der Waals surface area contributed by atoms with E-state index < -0.39 is 0 Å². The van der Waals surface area contributed by atoms with Gasteiger partial charge in [0.2, 0.25) is 0 Å². The van der Waals surface area contributed by atoms with E-state index >= 15 is 0 Å². The fourth-order valence-corrected chi connectivity index (χ4v) is 3.71. The Morgan fingerprint density at radius 2 is 1.75 bits per heavy atom. The lowest BCUT2D eigenvalue weighted by Crippen LogP contribution is -2.41. The molecule has 2 rings (SSSR count). The van der Waals surface area contributed by atoms with Gasteiger partial charge in [-0.25, -0.2) is 0 Å². The van der Waals surface area contributed by atoms with Gasteiger partial charge in [-0.15, -0.1) is 0 Å². The highest BCUT2D eigenvalue weighted by Gasteiger charge is 2.23. The molecule has 2 saturated heterocycles. The molecule has 2 fully saturated rings. The van der Waals surface area contributed by atoms with Crippen LogP contribution in [0.15, 0.2) is 0 Å². The van der Waals surface area contributed by atoms with Crippen molar-refractivity contribution in [3.8, 4) is 0 Å². The van der Waals surface area contributed by atoms with Crippen LogP contribution >= 0.6 is 0 Å². The average molecular weight is 281 g/mol. The summed E-state index contributed by atoms with van der Waals surface area (Å²) in [5.74, 6) is 1.76. The molecule has 3 heteroatoms. The third-order valence-electron chi connectivity index (χ3n) is 4.91. The quantitative estimate of drug-likeness (QED) is 0.689. The summed E-state index contributed by atoms with van der Waals surface area (Å²) in [6.45, 7) is 15.0. The Hall–Kier alpha value is -0.120. The Labute approximate surface area is 126 Å². The van der Waals surface area contributed by atoms with E-state index in [-0.39, 0.29) is 0 Å². The summed E-state index contributed by atoms with van der Waals surface area (Å²) < 4.78 is 0. The Balaban J connectivity index is 1.56. The van der Waals surface area contributed by atoms with Gasteiger partial charge in [0.05, 0.1) is 0 Å². The number of hydrogen-bond donors (Lipinski definition) is 1. The molecule has 0 aliphatic carbocycles. The first-order valence-electron chi connectivity index (χ1n) is 8.93. The first-order valence-corrected chi connectivity index (χ1v) is 8.93. The first-order chi connectivity index (χ1) is 9.78. The molecule has 118 valence electrons. The normalized spacial score (nSPS) is 24.3. The van der Waals surface area contributed by atoms with Gasteiger partial charge in [0.1, 0.15) is 0 Å². The van der Waals surface area contributed by atoms with Crippen LogP contribution in [0.2, 0.25) is 0 Å². The van der Waals surface area contributed by atoms with Crippen LogP contribution in [0.5, 0.6) is 0 Å². The minimum Gasteiger partial charge on any atom is -0.316 e. The zero-order valence-electron chi connectivity index (χ0n) is 13.7. The van der Waals surface area contributed by atoms with Gasteiger partial charge < -0.3 is 15.1 Å². The van der Waals surface area contributed by atoms with Gasteiger partial charge in [0.15, 0.2) is 0 Å². The number of nitrogens with zero attached hydrogens (tertiary/aromatic N) is 2. The number of nitrogens with one attached hydrogen (secondary N) is 1. The second kappa shape index (κ2) is 9.01. The maximum Gasteiger partial charge on any atom is 0.00191 e. The molecule has 0 aromatic heterocycles. The SMILES string of the molecule is CCCNCC(C)CN1CCC(CN2CCCC2)CC1. The van der Waals surface area contributed by atoms with E-state index in [9.17, 15) is 0 Å². The summed E-state index contributed by atoms with van der Waals surface area (Å²) in [4.78, 5) is 5.39. The molecular formula is C17H35N3. The molecule has 0 amide bonds. The molecule has 1 unspecified atom stereocenters. The topological polar surface area (TPSA) is 18.5 Å². The van der Waals surface area contributed by atoms with Crippen LogP contribution in [0.3, 0.4) is 0 Å². The third-order valence-corrected chi connectivity index (χ3v) is 4.91. The Bertz CT molecular complexity index is 243. The average Bonchev–Trinajstić information content (AvgIpc) is 2.94. The Morgan fingerprint density at radius 3 is 2.40 bits per heavy atom. The summed E-state index contributed by atoms with van der Waals surface area (Å²) in [5, 5.41) is 3.55. The van der Waals surface area contributed by atoms with E-state index in [4.69, 9.17) is 0 Å². The number of likely N-dealkylation sites (tertiary alicyclic amines) is 2. The fraction of sp³-hybridized carbons (Fsp3) is 1.00. The van der Waals surface area contributed by atoms with Gasteiger partial charge >= 0.3 is 0 Å². The third kappa shape index (κ3) is 5.71. The number of rotatable bonds is 8. The second-order valence-electron chi connectivity index (χ2n) is 7.06.